The van der Waals surface area contributed by atoms with Crippen LogP contribution in [0.5, 0.6) is 0 Å². The van der Waals surface area contributed by atoms with Gasteiger partial charge in [-0.1, -0.05) is 41.6 Å². The summed E-state index contributed by atoms with van der Waals surface area (Å²) in [5.74, 6) is 0.653. The minimum atomic E-state index is -0.0529. The summed E-state index contributed by atoms with van der Waals surface area (Å²) in [6, 6.07) is 14.1. The van der Waals surface area contributed by atoms with Crippen LogP contribution in [0.4, 0.5) is 5.69 Å². The average molecular weight is 449 g/mol. The first-order chi connectivity index (χ1) is 15.0. The molecule has 0 bridgehead atoms. The predicted octanol–water partition coefficient (Wildman–Crippen LogP) is 5.73. The molecule has 158 valence electrons. The zero-order chi connectivity index (χ0) is 21.8. The Morgan fingerprint density at radius 3 is 2.74 bits per heavy atom. The second-order valence-corrected chi connectivity index (χ2v) is 9.30. The molecule has 0 unspecified atom stereocenters. The lowest BCUT2D eigenvalue weighted by Crippen LogP contribution is -2.14. The third kappa shape index (κ3) is 5.24. The number of nitrogens with zero attached hydrogens (tertiary/aromatic N) is 3. The van der Waals surface area contributed by atoms with Crippen molar-refractivity contribution in [3.8, 4) is 5.69 Å². The predicted molar refractivity (Wildman–Crippen MR) is 128 cm³/mol. The fourth-order valence-electron chi connectivity index (χ4n) is 3.19. The molecule has 0 saturated heterocycles. The molecule has 4 rings (SSSR count). The van der Waals surface area contributed by atoms with Crippen LogP contribution in [0.25, 0.3) is 5.69 Å². The van der Waals surface area contributed by atoms with Gasteiger partial charge in [0.15, 0.2) is 5.16 Å². The van der Waals surface area contributed by atoms with Crippen LogP contribution < -0.4 is 5.32 Å². The summed E-state index contributed by atoms with van der Waals surface area (Å²) in [5.41, 5.74) is 6.59. The fraction of sp³-hybridized carbons (Fsp3) is 0.208. The van der Waals surface area contributed by atoms with Crippen molar-refractivity contribution in [3.63, 3.8) is 0 Å². The number of rotatable bonds is 7. The lowest BCUT2D eigenvalue weighted by molar-refractivity contribution is -0.115. The Morgan fingerprint density at radius 1 is 1.13 bits per heavy atom. The standard InChI is InChI=1S/C24H24N4OS2/c1-16-7-9-19(10-8-16)26-22(29)13-23-27-20(14-30-23)15-31-24-25-11-12-28(24)21-6-4-5-17(2)18(21)3/h4-12,14H,13,15H2,1-3H3,(H,26,29). The number of benzene rings is 2. The number of hydrogen-bond donors (Lipinski definition) is 1. The topological polar surface area (TPSA) is 59.8 Å². The molecule has 0 spiro atoms. The van der Waals surface area contributed by atoms with Gasteiger partial charge in [-0.3, -0.25) is 9.36 Å². The Labute approximate surface area is 190 Å². The summed E-state index contributed by atoms with van der Waals surface area (Å²) in [5, 5.41) is 6.69. The Kier molecular flexibility index (Phi) is 6.53. The van der Waals surface area contributed by atoms with Crippen LogP contribution in [0, 0.1) is 20.8 Å². The van der Waals surface area contributed by atoms with E-state index in [0.29, 0.717) is 5.75 Å². The summed E-state index contributed by atoms with van der Waals surface area (Å²) in [6.45, 7) is 6.27. The number of imidazole rings is 1. The number of anilines is 1. The van der Waals surface area contributed by atoms with Crippen LogP contribution >= 0.6 is 23.1 Å². The summed E-state index contributed by atoms with van der Waals surface area (Å²) in [4.78, 5) is 21.5. The van der Waals surface area contributed by atoms with Crippen molar-refractivity contribution in [2.24, 2.45) is 0 Å². The third-order valence-electron chi connectivity index (χ3n) is 5.04. The van der Waals surface area contributed by atoms with E-state index in [4.69, 9.17) is 0 Å². The Bertz CT molecular complexity index is 1190. The molecule has 0 aliphatic heterocycles. The number of hydrogen-bond acceptors (Lipinski definition) is 5. The molecule has 31 heavy (non-hydrogen) atoms. The van der Waals surface area contributed by atoms with Crippen LogP contribution in [0.1, 0.15) is 27.4 Å². The molecule has 5 nitrogen and oxygen atoms in total. The van der Waals surface area contributed by atoms with Gasteiger partial charge < -0.3 is 5.32 Å². The lowest BCUT2D eigenvalue weighted by Gasteiger charge is -2.12. The molecular formula is C24H24N4OS2. The van der Waals surface area contributed by atoms with Crippen molar-refractivity contribution < 1.29 is 4.79 Å². The second-order valence-electron chi connectivity index (χ2n) is 7.41. The van der Waals surface area contributed by atoms with Gasteiger partial charge in [-0.2, -0.15) is 0 Å². The number of nitrogens with one attached hydrogen (secondary N) is 1. The molecule has 0 fully saturated rings. The van der Waals surface area contributed by atoms with E-state index >= 15 is 0 Å². The van der Waals surface area contributed by atoms with Crippen molar-refractivity contribution in [3.05, 3.63) is 87.6 Å². The molecule has 1 N–H and O–H groups in total. The summed E-state index contributed by atoms with van der Waals surface area (Å²) < 4.78 is 2.12. The van der Waals surface area contributed by atoms with Crippen molar-refractivity contribution in [2.75, 3.05) is 5.32 Å². The van der Waals surface area contributed by atoms with Crippen LogP contribution in [0.3, 0.4) is 0 Å². The molecule has 4 aromatic rings. The van der Waals surface area contributed by atoms with Gasteiger partial charge in [0.1, 0.15) is 5.01 Å². The number of aryl methyl sites for hydroxylation is 2. The van der Waals surface area contributed by atoms with Crippen molar-refractivity contribution in [1.82, 2.24) is 14.5 Å². The maximum atomic E-state index is 12.3. The van der Waals surface area contributed by atoms with Gasteiger partial charge in [0.2, 0.25) is 5.91 Å². The molecule has 2 heterocycles. The minimum absolute atomic E-state index is 0.0529. The maximum absolute atomic E-state index is 12.3. The first kappa shape index (κ1) is 21.3. The van der Waals surface area contributed by atoms with Gasteiger partial charge >= 0.3 is 0 Å². The van der Waals surface area contributed by atoms with E-state index in [2.05, 4.69) is 51.9 Å². The molecular weight excluding hydrogens is 424 g/mol. The van der Waals surface area contributed by atoms with Crippen molar-refractivity contribution in [1.29, 1.82) is 0 Å². The van der Waals surface area contributed by atoms with Gasteiger partial charge in [-0.05, 0) is 50.1 Å². The van der Waals surface area contributed by atoms with Crippen LogP contribution in [0.15, 0.2) is 65.4 Å². The number of amides is 1. The lowest BCUT2D eigenvalue weighted by atomic mass is 10.1. The molecule has 1 amide bonds. The van der Waals surface area contributed by atoms with Gasteiger partial charge in [-0.15, -0.1) is 11.3 Å². The zero-order valence-corrected chi connectivity index (χ0v) is 19.4. The summed E-state index contributed by atoms with van der Waals surface area (Å²) in [6.07, 6.45) is 4.10. The van der Waals surface area contributed by atoms with Gasteiger partial charge in [0.25, 0.3) is 0 Å². The van der Waals surface area contributed by atoms with E-state index in [0.717, 1.165) is 27.2 Å². The molecule has 2 aromatic carbocycles. The summed E-state index contributed by atoms with van der Waals surface area (Å²) >= 11 is 3.17. The molecule has 0 atom stereocenters. The first-order valence-corrected chi connectivity index (χ1v) is 11.9. The molecule has 0 aliphatic rings. The first-order valence-electron chi connectivity index (χ1n) is 10.0. The highest BCUT2D eigenvalue weighted by Crippen LogP contribution is 2.27. The maximum Gasteiger partial charge on any atom is 0.231 e. The number of carbonyl (C=O) groups is 1. The number of aromatic nitrogens is 3. The van der Waals surface area contributed by atoms with E-state index < -0.39 is 0 Å². The Balaban J connectivity index is 1.37. The summed E-state index contributed by atoms with van der Waals surface area (Å²) in [7, 11) is 0. The van der Waals surface area contributed by atoms with Gasteiger partial charge in [-0.25, -0.2) is 9.97 Å². The largest absolute Gasteiger partial charge is 0.326 e. The highest BCUT2D eigenvalue weighted by atomic mass is 32.2. The molecule has 0 saturated carbocycles. The molecule has 0 aliphatic carbocycles. The normalized spacial score (nSPS) is 10.9. The highest BCUT2D eigenvalue weighted by molar-refractivity contribution is 7.98. The minimum Gasteiger partial charge on any atom is -0.326 e. The smallest absolute Gasteiger partial charge is 0.231 e. The quantitative estimate of drug-likeness (QED) is 0.367. The van der Waals surface area contributed by atoms with Crippen LogP contribution in [0.2, 0.25) is 0 Å². The zero-order valence-electron chi connectivity index (χ0n) is 17.8. The fourth-order valence-corrected chi connectivity index (χ4v) is 4.95. The molecule has 7 heteroatoms. The van der Waals surface area contributed by atoms with E-state index in [1.165, 1.54) is 28.0 Å². The number of thiazole rings is 1. The molecule has 2 aromatic heterocycles. The van der Waals surface area contributed by atoms with E-state index in [1.54, 1.807) is 11.8 Å². The van der Waals surface area contributed by atoms with Gasteiger partial charge in [0.05, 0.1) is 17.8 Å². The van der Waals surface area contributed by atoms with Crippen LogP contribution in [-0.4, -0.2) is 20.4 Å². The third-order valence-corrected chi connectivity index (χ3v) is 6.94. The SMILES string of the molecule is Cc1ccc(NC(=O)Cc2nc(CSc3nccn3-c3cccc(C)c3C)cs2)cc1. The van der Waals surface area contributed by atoms with Crippen molar-refractivity contribution >= 4 is 34.7 Å². The monoisotopic (exact) mass is 448 g/mol. The number of thioether (sulfide) groups is 1. The Hall–Kier alpha value is -2.90. The second kappa shape index (κ2) is 9.49. The number of carbonyl (C=O) groups excluding carboxylic acids is 1. The van der Waals surface area contributed by atoms with Crippen LogP contribution in [-0.2, 0) is 17.0 Å². The highest BCUT2D eigenvalue weighted by Gasteiger charge is 2.12. The van der Waals surface area contributed by atoms with E-state index in [9.17, 15) is 4.79 Å². The van der Waals surface area contributed by atoms with Crippen molar-refractivity contribution in [2.45, 2.75) is 38.1 Å². The Morgan fingerprint density at radius 2 is 1.94 bits per heavy atom. The average Bonchev–Trinajstić information content (AvgIpc) is 3.39. The van der Waals surface area contributed by atoms with Gasteiger partial charge in [0, 0.05) is 29.2 Å². The van der Waals surface area contributed by atoms with E-state index in [1.807, 2.05) is 49.0 Å². The van der Waals surface area contributed by atoms with E-state index in [-0.39, 0.29) is 12.3 Å². The molecule has 0 radical (unpaired) electrons.